The maximum Gasteiger partial charge on any atom is 0.408 e. The molecule has 0 radical (unpaired) electrons. The highest BCUT2D eigenvalue weighted by atomic mass is 16.6. The van der Waals surface area contributed by atoms with Gasteiger partial charge >= 0.3 is 6.09 Å². The van der Waals surface area contributed by atoms with E-state index in [0.717, 1.165) is 11.1 Å². The molecule has 0 aliphatic carbocycles. The van der Waals surface area contributed by atoms with Crippen LogP contribution in [-0.4, -0.2) is 29.3 Å². The second-order valence-electron chi connectivity index (χ2n) is 5.71. The average Bonchev–Trinajstić information content (AvgIpc) is 2.37. The van der Waals surface area contributed by atoms with Gasteiger partial charge in [0.25, 0.3) is 0 Å². The molecular formula is C15H22N2O4. The Morgan fingerprint density at radius 2 is 1.95 bits per heavy atom. The zero-order valence-electron chi connectivity index (χ0n) is 12.8. The maximum absolute atomic E-state index is 11.8. The maximum atomic E-state index is 11.8. The van der Waals surface area contributed by atoms with E-state index in [1.54, 1.807) is 39.0 Å². The molecule has 6 heteroatoms. The molecule has 1 aromatic rings. The smallest absolute Gasteiger partial charge is 0.408 e. The SMILES string of the molecule is Cc1cc(CO)ccc1NC(=O)CNC(=O)OC(C)(C)C. The molecule has 6 nitrogen and oxygen atoms in total. The Hall–Kier alpha value is -2.08. The van der Waals surface area contributed by atoms with E-state index >= 15 is 0 Å². The Labute approximate surface area is 124 Å². The number of ether oxygens (including phenoxy) is 1. The Bertz CT molecular complexity index is 521. The summed E-state index contributed by atoms with van der Waals surface area (Å²) in [6.45, 7) is 6.86. The molecule has 1 aromatic carbocycles. The molecule has 116 valence electrons. The van der Waals surface area contributed by atoms with Gasteiger partial charge in [-0.1, -0.05) is 12.1 Å². The van der Waals surface area contributed by atoms with Crippen LogP contribution >= 0.6 is 0 Å². The second kappa shape index (κ2) is 7.08. The number of carbonyl (C=O) groups excluding carboxylic acids is 2. The first kappa shape index (κ1) is 17.0. The number of hydrogen-bond donors (Lipinski definition) is 3. The van der Waals surface area contributed by atoms with Crippen LogP contribution in [0.4, 0.5) is 10.5 Å². The number of alkyl carbamates (subject to hydrolysis) is 1. The normalized spacial score (nSPS) is 10.9. The van der Waals surface area contributed by atoms with E-state index in [-0.39, 0.29) is 19.1 Å². The van der Waals surface area contributed by atoms with Crippen LogP contribution in [0.15, 0.2) is 18.2 Å². The van der Waals surface area contributed by atoms with Gasteiger partial charge in [0.05, 0.1) is 6.61 Å². The van der Waals surface area contributed by atoms with Gasteiger partial charge in [0.2, 0.25) is 5.91 Å². The fourth-order valence-corrected chi connectivity index (χ4v) is 1.63. The fraction of sp³-hybridized carbons (Fsp3) is 0.467. The highest BCUT2D eigenvalue weighted by Gasteiger charge is 2.16. The molecule has 0 saturated heterocycles. The Kier molecular flexibility index (Phi) is 5.72. The summed E-state index contributed by atoms with van der Waals surface area (Å²) < 4.78 is 5.03. The molecule has 3 N–H and O–H groups in total. The first-order valence-corrected chi connectivity index (χ1v) is 6.68. The largest absolute Gasteiger partial charge is 0.444 e. The molecule has 0 fully saturated rings. The third kappa shape index (κ3) is 6.27. The first-order chi connectivity index (χ1) is 9.71. The summed E-state index contributed by atoms with van der Waals surface area (Å²) in [5.74, 6) is -0.347. The molecule has 0 atom stereocenters. The molecule has 0 aromatic heterocycles. The molecule has 0 heterocycles. The van der Waals surface area contributed by atoms with Crippen molar-refractivity contribution < 1.29 is 19.4 Å². The summed E-state index contributed by atoms with van der Waals surface area (Å²) in [7, 11) is 0. The van der Waals surface area contributed by atoms with E-state index in [1.807, 2.05) is 6.92 Å². The van der Waals surface area contributed by atoms with Gasteiger partial charge in [0.15, 0.2) is 0 Å². The lowest BCUT2D eigenvalue weighted by molar-refractivity contribution is -0.115. The average molecular weight is 294 g/mol. The fourth-order valence-electron chi connectivity index (χ4n) is 1.63. The van der Waals surface area contributed by atoms with Crippen molar-refractivity contribution in [1.29, 1.82) is 0 Å². The molecule has 0 unspecified atom stereocenters. The van der Waals surface area contributed by atoms with Gasteiger partial charge in [-0.05, 0) is 44.9 Å². The zero-order chi connectivity index (χ0) is 16.0. The lowest BCUT2D eigenvalue weighted by Gasteiger charge is -2.19. The third-order valence-electron chi connectivity index (χ3n) is 2.54. The van der Waals surface area contributed by atoms with Crippen LogP contribution in [0.3, 0.4) is 0 Å². The summed E-state index contributed by atoms with van der Waals surface area (Å²) in [4.78, 5) is 23.2. The quantitative estimate of drug-likeness (QED) is 0.792. The van der Waals surface area contributed by atoms with E-state index in [9.17, 15) is 9.59 Å². The minimum absolute atomic E-state index is 0.0464. The van der Waals surface area contributed by atoms with Crippen LogP contribution in [0.1, 0.15) is 31.9 Å². The van der Waals surface area contributed by atoms with Crippen LogP contribution in [-0.2, 0) is 16.1 Å². The molecule has 0 saturated carbocycles. The Balaban J connectivity index is 2.49. The molecule has 1 rings (SSSR count). The predicted molar refractivity (Wildman–Crippen MR) is 80.0 cm³/mol. The van der Waals surface area contributed by atoms with Crippen LogP contribution < -0.4 is 10.6 Å². The van der Waals surface area contributed by atoms with Crippen molar-refractivity contribution in [1.82, 2.24) is 5.32 Å². The number of carbonyl (C=O) groups is 2. The number of nitrogens with one attached hydrogen (secondary N) is 2. The number of anilines is 1. The summed E-state index contributed by atoms with van der Waals surface area (Å²) in [5.41, 5.74) is 1.66. The van der Waals surface area contributed by atoms with E-state index in [4.69, 9.17) is 9.84 Å². The van der Waals surface area contributed by atoms with Gasteiger partial charge in [-0.25, -0.2) is 4.79 Å². The van der Waals surface area contributed by atoms with E-state index < -0.39 is 11.7 Å². The van der Waals surface area contributed by atoms with Gasteiger partial charge in [0.1, 0.15) is 12.1 Å². The molecular weight excluding hydrogens is 272 g/mol. The summed E-state index contributed by atoms with van der Waals surface area (Å²) in [6.07, 6.45) is -0.634. The molecule has 0 aliphatic rings. The number of aliphatic hydroxyl groups is 1. The topological polar surface area (TPSA) is 87.7 Å². The van der Waals surface area contributed by atoms with E-state index in [0.29, 0.717) is 5.69 Å². The number of benzene rings is 1. The van der Waals surface area contributed by atoms with E-state index in [2.05, 4.69) is 10.6 Å². The van der Waals surface area contributed by atoms with Gasteiger partial charge in [-0.3, -0.25) is 4.79 Å². The highest BCUT2D eigenvalue weighted by molar-refractivity contribution is 5.94. The minimum atomic E-state index is -0.634. The van der Waals surface area contributed by atoms with Crippen LogP contribution in [0.2, 0.25) is 0 Å². The number of rotatable bonds is 4. The van der Waals surface area contributed by atoms with Crippen molar-refractivity contribution in [2.75, 3.05) is 11.9 Å². The zero-order valence-corrected chi connectivity index (χ0v) is 12.8. The van der Waals surface area contributed by atoms with Crippen molar-refractivity contribution in [3.63, 3.8) is 0 Å². The van der Waals surface area contributed by atoms with Gasteiger partial charge in [0, 0.05) is 5.69 Å². The minimum Gasteiger partial charge on any atom is -0.444 e. The van der Waals surface area contributed by atoms with Crippen molar-refractivity contribution in [2.24, 2.45) is 0 Å². The summed E-state index contributed by atoms with van der Waals surface area (Å²) in [5, 5.41) is 14.1. The lowest BCUT2D eigenvalue weighted by Crippen LogP contribution is -2.37. The highest BCUT2D eigenvalue weighted by Crippen LogP contribution is 2.16. The molecule has 0 aliphatic heterocycles. The Morgan fingerprint density at radius 3 is 2.48 bits per heavy atom. The third-order valence-corrected chi connectivity index (χ3v) is 2.54. The van der Waals surface area contributed by atoms with E-state index in [1.165, 1.54) is 0 Å². The van der Waals surface area contributed by atoms with Crippen LogP contribution in [0.25, 0.3) is 0 Å². The van der Waals surface area contributed by atoms with Gasteiger partial charge in [-0.2, -0.15) is 0 Å². The van der Waals surface area contributed by atoms with Crippen LogP contribution in [0, 0.1) is 6.92 Å². The second-order valence-corrected chi connectivity index (χ2v) is 5.71. The molecule has 0 spiro atoms. The van der Waals surface area contributed by atoms with Crippen LogP contribution in [0.5, 0.6) is 0 Å². The van der Waals surface area contributed by atoms with Crippen molar-refractivity contribution in [2.45, 2.75) is 39.9 Å². The number of hydrogen-bond acceptors (Lipinski definition) is 4. The predicted octanol–water partition coefficient (Wildman–Crippen LogP) is 1.95. The van der Waals surface area contributed by atoms with Crippen molar-refractivity contribution in [3.8, 4) is 0 Å². The summed E-state index contributed by atoms with van der Waals surface area (Å²) >= 11 is 0. The number of amides is 2. The molecule has 21 heavy (non-hydrogen) atoms. The van der Waals surface area contributed by atoms with Crippen molar-refractivity contribution >= 4 is 17.7 Å². The van der Waals surface area contributed by atoms with Gasteiger partial charge < -0.3 is 20.5 Å². The number of aryl methyl sites for hydroxylation is 1. The van der Waals surface area contributed by atoms with Crippen molar-refractivity contribution in [3.05, 3.63) is 29.3 Å². The molecule has 0 bridgehead atoms. The lowest BCUT2D eigenvalue weighted by atomic mass is 10.1. The summed E-state index contributed by atoms with van der Waals surface area (Å²) in [6, 6.07) is 5.23. The Morgan fingerprint density at radius 1 is 1.29 bits per heavy atom. The number of aliphatic hydroxyl groups excluding tert-OH is 1. The first-order valence-electron chi connectivity index (χ1n) is 6.68. The molecule has 2 amide bonds. The monoisotopic (exact) mass is 294 g/mol. The van der Waals surface area contributed by atoms with Gasteiger partial charge in [-0.15, -0.1) is 0 Å². The standard InChI is InChI=1S/C15H22N2O4/c1-10-7-11(9-18)5-6-12(10)17-13(19)8-16-14(20)21-15(2,3)4/h5-7,18H,8-9H2,1-4H3,(H,16,20)(H,17,19).